The van der Waals surface area contributed by atoms with Gasteiger partial charge in [0.1, 0.15) is 5.60 Å². The van der Waals surface area contributed by atoms with Crippen molar-refractivity contribution in [2.75, 3.05) is 26.3 Å². The fourth-order valence-corrected chi connectivity index (χ4v) is 1.55. The zero-order chi connectivity index (χ0) is 8.86. The maximum atomic E-state index is 9.20. The highest BCUT2D eigenvalue weighted by atomic mass is 16.5. The van der Waals surface area contributed by atoms with Crippen LogP contribution in [0.2, 0.25) is 0 Å². The predicted octanol–water partition coefficient (Wildman–Crippen LogP) is 0.527. The van der Waals surface area contributed by atoms with E-state index in [0.717, 1.165) is 39.0 Å². The first-order chi connectivity index (χ1) is 5.83. The van der Waals surface area contributed by atoms with Crippen LogP contribution in [0.1, 0.15) is 26.2 Å². The zero-order valence-corrected chi connectivity index (χ0v) is 7.81. The molecule has 0 bridgehead atoms. The number of unbranched alkanes of at least 4 members (excludes halogenated alkanes) is 1. The molecule has 0 aromatic carbocycles. The highest BCUT2D eigenvalue weighted by molar-refractivity contribution is 4.85. The predicted molar refractivity (Wildman–Crippen MR) is 48.2 cm³/mol. The third-order valence-corrected chi connectivity index (χ3v) is 2.41. The van der Waals surface area contributed by atoms with Crippen molar-refractivity contribution < 1.29 is 9.84 Å². The summed E-state index contributed by atoms with van der Waals surface area (Å²) in [4.78, 5) is 0. The minimum absolute atomic E-state index is 0.139. The molecule has 1 saturated heterocycles. The van der Waals surface area contributed by atoms with Gasteiger partial charge in [-0.05, 0) is 6.42 Å². The van der Waals surface area contributed by atoms with E-state index >= 15 is 0 Å². The molecule has 1 rings (SSSR count). The number of morpholine rings is 1. The van der Waals surface area contributed by atoms with Gasteiger partial charge in [0, 0.05) is 13.1 Å². The van der Waals surface area contributed by atoms with Gasteiger partial charge in [-0.2, -0.15) is 0 Å². The molecule has 0 spiro atoms. The van der Waals surface area contributed by atoms with Gasteiger partial charge in [-0.1, -0.05) is 19.8 Å². The maximum Gasteiger partial charge on any atom is 0.104 e. The number of nitrogens with one attached hydrogen (secondary N) is 1. The molecule has 2 N–H and O–H groups in total. The van der Waals surface area contributed by atoms with Crippen molar-refractivity contribution in [3.05, 3.63) is 0 Å². The van der Waals surface area contributed by atoms with Crippen LogP contribution in [-0.2, 0) is 4.74 Å². The van der Waals surface area contributed by atoms with Crippen molar-refractivity contribution in [3.63, 3.8) is 0 Å². The monoisotopic (exact) mass is 173 g/mol. The van der Waals surface area contributed by atoms with Crippen molar-refractivity contribution in [2.24, 2.45) is 0 Å². The molecule has 0 radical (unpaired) electrons. The summed E-state index contributed by atoms with van der Waals surface area (Å²) in [6.07, 6.45) is 3.25. The zero-order valence-electron chi connectivity index (χ0n) is 7.81. The third-order valence-electron chi connectivity index (χ3n) is 2.41. The largest absolute Gasteiger partial charge is 0.393 e. The highest BCUT2D eigenvalue weighted by Crippen LogP contribution is 2.19. The summed E-state index contributed by atoms with van der Waals surface area (Å²) in [6.45, 7) is 4.73. The van der Waals surface area contributed by atoms with Crippen LogP contribution < -0.4 is 5.32 Å². The second kappa shape index (κ2) is 4.80. The first-order valence-electron chi connectivity index (χ1n) is 4.78. The molecule has 3 heteroatoms. The fourth-order valence-electron chi connectivity index (χ4n) is 1.55. The molecule has 0 aromatic rings. The molecule has 3 nitrogen and oxygen atoms in total. The molecule has 1 heterocycles. The van der Waals surface area contributed by atoms with Crippen molar-refractivity contribution in [3.8, 4) is 0 Å². The van der Waals surface area contributed by atoms with Gasteiger partial charge in [-0.15, -0.1) is 0 Å². The van der Waals surface area contributed by atoms with E-state index in [9.17, 15) is 5.11 Å². The smallest absolute Gasteiger partial charge is 0.104 e. The SMILES string of the molecule is CCCCC1(CO)CNCCO1. The Kier molecular flexibility index (Phi) is 3.98. The van der Waals surface area contributed by atoms with Crippen molar-refractivity contribution in [1.29, 1.82) is 0 Å². The second-order valence-corrected chi connectivity index (χ2v) is 3.47. The Labute approximate surface area is 74.1 Å². The minimum atomic E-state index is -0.283. The van der Waals surface area contributed by atoms with E-state index in [2.05, 4.69) is 12.2 Å². The van der Waals surface area contributed by atoms with Gasteiger partial charge >= 0.3 is 0 Å². The van der Waals surface area contributed by atoms with E-state index in [1.165, 1.54) is 0 Å². The normalized spacial score (nSPS) is 30.5. The van der Waals surface area contributed by atoms with E-state index in [-0.39, 0.29) is 12.2 Å². The Morgan fingerprint density at radius 3 is 2.92 bits per heavy atom. The lowest BCUT2D eigenvalue weighted by molar-refractivity contribution is -0.102. The number of ether oxygens (including phenoxy) is 1. The molecular formula is C9H19NO2. The molecule has 0 aliphatic carbocycles. The summed E-state index contributed by atoms with van der Waals surface area (Å²) in [5.74, 6) is 0. The molecule has 72 valence electrons. The van der Waals surface area contributed by atoms with Gasteiger partial charge in [0.2, 0.25) is 0 Å². The molecular weight excluding hydrogens is 154 g/mol. The molecule has 1 aliphatic rings. The van der Waals surface area contributed by atoms with Crippen LogP contribution in [0.25, 0.3) is 0 Å². The van der Waals surface area contributed by atoms with Crippen molar-refractivity contribution in [1.82, 2.24) is 5.32 Å². The Balaban J connectivity index is 2.37. The molecule has 0 aromatic heterocycles. The molecule has 12 heavy (non-hydrogen) atoms. The van der Waals surface area contributed by atoms with Gasteiger partial charge in [-0.3, -0.25) is 0 Å². The van der Waals surface area contributed by atoms with Crippen LogP contribution in [0.15, 0.2) is 0 Å². The van der Waals surface area contributed by atoms with E-state index < -0.39 is 0 Å². The van der Waals surface area contributed by atoms with Crippen LogP contribution in [0.5, 0.6) is 0 Å². The Bertz CT molecular complexity index is 122. The Hall–Kier alpha value is -0.120. The van der Waals surface area contributed by atoms with Gasteiger partial charge in [-0.25, -0.2) is 0 Å². The first-order valence-corrected chi connectivity index (χ1v) is 4.78. The molecule has 1 fully saturated rings. The van der Waals surface area contributed by atoms with Gasteiger partial charge in [0.15, 0.2) is 0 Å². The summed E-state index contributed by atoms with van der Waals surface area (Å²) in [5, 5.41) is 12.5. The summed E-state index contributed by atoms with van der Waals surface area (Å²) in [7, 11) is 0. The van der Waals surface area contributed by atoms with E-state index in [4.69, 9.17) is 4.74 Å². The number of hydrogen-bond acceptors (Lipinski definition) is 3. The summed E-state index contributed by atoms with van der Waals surface area (Å²) < 4.78 is 5.60. The second-order valence-electron chi connectivity index (χ2n) is 3.47. The van der Waals surface area contributed by atoms with E-state index in [0.29, 0.717) is 0 Å². The fraction of sp³-hybridized carbons (Fsp3) is 1.00. The molecule has 0 amide bonds. The number of hydrogen-bond donors (Lipinski definition) is 2. The maximum absolute atomic E-state index is 9.20. The average Bonchev–Trinajstić information content (AvgIpc) is 2.16. The molecule has 1 unspecified atom stereocenters. The quantitative estimate of drug-likeness (QED) is 0.651. The lowest BCUT2D eigenvalue weighted by atomic mass is 9.96. The third kappa shape index (κ3) is 2.44. The Morgan fingerprint density at radius 1 is 1.58 bits per heavy atom. The van der Waals surface area contributed by atoms with E-state index in [1.807, 2.05) is 0 Å². The van der Waals surface area contributed by atoms with E-state index in [1.54, 1.807) is 0 Å². The number of aliphatic hydroxyl groups excluding tert-OH is 1. The number of aliphatic hydroxyl groups is 1. The lowest BCUT2D eigenvalue weighted by Crippen LogP contribution is -2.52. The standard InChI is InChI=1S/C9H19NO2/c1-2-3-4-9(8-11)7-10-5-6-12-9/h10-11H,2-8H2,1H3. The summed E-state index contributed by atoms with van der Waals surface area (Å²) >= 11 is 0. The minimum Gasteiger partial charge on any atom is -0.393 e. The van der Waals surface area contributed by atoms with Gasteiger partial charge in [0.25, 0.3) is 0 Å². The van der Waals surface area contributed by atoms with Gasteiger partial charge in [0.05, 0.1) is 13.2 Å². The summed E-state index contributed by atoms with van der Waals surface area (Å²) in [6, 6.07) is 0. The Morgan fingerprint density at radius 2 is 2.42 bits per heavy atom. The van der Waals surface area contributed by atoms with Crippen LogP contribution in [0, 0.1) is 0 Å². The lowest BCUT2D eigenvalue weighted by Gasteiger charge is -2.36. The molecule has 1 atom stereocenters. The van der Waals surface area contributed by atoms with Crippen molar-refractivity contribution in [2.45, 2.75) is 31.8 Å². The van der Waals surface area contributed by atoms with Crippen LogP contribution in [0.4, 0.5) is 0 Å². The number of rotatable bonds is 4. The average molecular weight is 173 g/mol. The van der Waals surface area contributed by atoms with Crippen LogP contribution in [0.3, 0.4) is 0 Å². The highest BCUT2D eigenvalue weighted by Gasteiger charge is 2.31. The molecule has 1 aliphatic heterocycles. The summed E-state index contributed by atoms with van der Waals surface area (Å²) in [5.41, 5.74) is -0.283. The van der Waals surface area contributed by atoms with Crippen LogP contribution >= 0.6 is 0 Å². The van der Waals surface area contributed by atoms with Crippen molar-refractivity contribution >= 4 is 0 Å². The van der Waals surface area contributed by atoms with Gasteiger partial charge < -0.3 is 15.2 Å². The first kappa shape index (κ1) is 9.96. The topological polar surface area (TPSA) is 41.5 Å². The molecule has 0 saturated carbocycles. The van der Waals surface area contributed by atoms with Crippen LogP contribution in [-0.4, -0.2) is 37.0 Å².